The summed E-state index contributed by atoms with van der Waals surface area (Å²) in [5.41, 5.74) is 6.08. The maximum atomic E-state index is 5.67. The molecule has 20 heavy (non-hydrogen) atoms. The van der Waals surface area contributed by atoms with Crippen LogP contribution in [0.25, 0.3) is 0 Å². The Bertz CT molecular complexity index is 483. The largest absolute Gasteiger partial charge is 0.376 e. The molecular formula is C18H27NO. The minimum Gasteiger partial charge on any atom is -0.376 e. The summed E-state index contributed by atoms with van der Waals surface area (Å²) in [6, 6.07) is 4.80. The molecule has 2 aliphatic rings. The van der Waals surface area contributed by atoms with Crippen LogP contribution in [0.2, 0.25) is 0 Å². The van der Waals surface area contributed by atoms with E-state index in [9.17, 15) is 0 Å². The first-order chi connectivity index (χ1) is 9.54. The second kappa shape index (κ2) is 5.50. The summed E-state index contributed by atoms with van der Waals surface area (Å²) in [6.45, 7) is 10.7. The van der Waals surface area contributed by atoms with Gasteiger partial charge in [-0.1, -0.05) is 32.9 Å². The predicted molar refractivity (Wildman–Crippen MR) is 82.9 cm³/mol. The van der Waals surface area contributed by atoms with Crippen molar-refractivity contribution < 1.29 is 4.74 Å². The molecule has 1 aliphatic heterocycles. The van der Waals surface area contributed by atoms with Crippen molar-refractivity contribution in [1.29, 1.82) is 0 Å². The Morgan fingerprint density at radius 1 is 1.25 bits per heavy atom. The van der Waals surface area contributed by atoms with E-state index in [1.165, 1.54) is 41.6 Å². The second-order valence-electron chi connectivity index (χ2n) is 7.40. The zero-order valence-electron chi connectivity index (χ0n) is 13.1. The number of fused-ring (bicyclic) bond motifs is 1. The van der Waals surface area contributed by atoms with E-state index in [1.807, 2.05) is 0 Å². The van der Waals surface area contributed by atoms with Crippen molar-refractivity contribution in [3.05, 3.63) is 34.4 Å². The maximum Gasteiger partial charge on any atom is 0.0722 e. The lowest BCUT2D eigenvalue weighted by Gasteiger charge is -2.26. The smallest absolute Gasteiger partial charge is 0.0722 e. The van der Waals surface area contributed by atoms with Gasteiger partial charge in [-0.25, -0.2) is 0 Å². The van der Waals surface area contributed by atoms with Crippen LogP contribution < -0.4 is 5.32 Å². The van der Waals surface area contributed by atoms with Crippen molar-refractivity contribution in [3.63, 3.8) is 0 Å². The number of hydrogen-bond acceptors (Lipinski definition) is 2. The highest BCUT2D eigenvalue weighted by Gasteiger charge is 2.22. The standard InChI is InChI=1S/C18H27NO/c1-18(2,3)16-8-14-6-7-20-12-17(14)15(9-16)11-19-10-13-4-5-13/h8-9,13,19H,4-7,10-12H2,1-3H3. The van der Waals surface area contributed by atoms with E-state index in [-0.39, 0.29) is 5.41 Å². The van der Waals surface area contributed by atoms with Crippen LogP contribution >= 0.6 is 0 Å². The van der Waals surface area contributed by atoms with Crippen molar-refractivity contribution in [2.24, 2.45) is 5.92 Å². The molecule has 1 N–H and O–H groups in total. The minimum absolute atomic E-state index is 0.221. The molecule has 110 valence electrons. The Kier molecular flexibility index (Phi) is 3.87. The van der Waals surface area contributed by atoms with Gasteiger partial charge in [-0.05, 0) is 59.4 Å². The molecule has 0 radical (unpaired) electrons. The molecule has 0 unspecified atom stereocenters. The van der Waals surface area contributed by atoms with Crippen molar-refractivity contribution >= 4 is 0 Å². The number of hydrogen-bond donors (Lipinski definition) is 1. The van der Waals surface area contributed by atoms with Gasteiger partial charge >= 0.3 is 0 Å². The Morgan fingerprint density at radius 3 is 2.75 bits per heavy atom. The minimum atomic E-state index is 0.221. The lowest BCUT2D eigenvalue weighted by molar-refractivity contribution is 0.110. The molecule has 0 amide bonds. The molecule has 1 saturated carbocycles. The summed E-state index contributed by atoms with van der Waals surface area (Å²) >= 11 is 0. The van der Waals surface area contributed by atoms with E-state index in [0.29, 0.717) is 0 Å². The van der Waals surface area contributed by atoms with Crippen LogP contribution in [0.15, 0.2) is 12.1 Å². The lowest BCUT2D eigenvalue weighted by Crippen LogP contribution is -2.22. The topological polar surface area (TPSA) is 21.3 Å². The van der Waals surface area contributed by atoms with E-state index in [0.717, 1.165) is 32.1 Å². The molecule has 3 rings (SSSR count). The third kappa shape index (κ3) is 3.24. The highest BCUT2D eigenvalue weighted by atomic mass is 16.5. The number of nitrogens with one attached hydrogen (secondary N) is 1. The highest BCUT2D eigenvalue weighted by molar-refractivity contribution is 5.42. The number of rotatable bonds is 4. The van der Waals surface area contributed by atoms with Gasteiger partial charge in [-0.2, -0.15) is 0 Å². The van der Waals surface area contributed by atoms with Crippen LogP contribution in [0.3, 0.4) is 0 Å². The monoisotopic (exact) mass is 273 g/mol. The fraction of sp³-hybridized carbons (Fsp3) is 0.667. The Morgan fingerprint density at radius 2 is 2.05 bits per heavy atom. The molecule has 1 aromatic carbocycles. The highest BCUT2D eigenvalue weighted by Crippen LogP contribution is 2.31. The van der Waals surface area contributed by atoms with Gasteiger partial charge in [0.25, 0.3) is 0 Å². The molecule has 1 heterocycles. The van der Waals surface area contributed by atoms with E-state index in [4.69, 9.17) is 4.74 Å². The van der Waals surface area contributed by atoms with E-state index in [2.05, 4.69) is 38.2 Å². The lowest BCUT2D eigenvalue weighted by atomic mass is 9.82. The fourth-order valence-corrected chi connectivity index (χ4v) is 2.89. The van der Waals surface area contributed by atoms with E-state index in [1.54, 1.807) is 0 Å². The van der Waals surface area contributed by atoms with Gasteiger partial charge in [0, 0.05) is 6.54 Å². The molecule has 0 aromatic heterocycles. The zero-order valence-corrected chi connectivity index (χ0v) is 13.1. The third-order valence-electron chi connectivity index (χ3n) is 4.51. The summed E-state index contributed by atoms with van der Waals surface area (Å²) in [6.07, 6.45) is 3.89. The molecular weight excluding hydrogens is 246 g/mol. The summed E-state index contributed by atoms with van der Waals surface area (Å²) < 4.78 is 5.67. The van der Waals surface area contributed by atoms with Crippen LogP contribution in [-0.4, -0.2) is 13.2 Å². The molecule has 2 nitrogen and oxygen atoms in total. The van der Waals surface area contributed by atoms with E-state index < -0.39 is 0 Å². The van der Waals surface area contributed by atoms with Crippen LogP contribution in [0.4, 0.5) is 0 Å². The molecule has 0 atom stereocenters. The van der Waals surface area contributed by atoms with Gasteiger partial charge in [0.05, 0.1) is 13.2 Å². The molecule has 0 spiro atoms. The van der Waals surface area contributed by atoms with Crippen molar-refractivity contribution in [1.82, 2.24) is 5.32 Å². The number of benzene rings is 1. The second-order valence-corrected chi connectivity index (χ2v) is 7.40. The van der Waals surface area contributed by atoms with Gasteiger partial charge in [0.1, 0.15) is 0 Å². The summed E-state index contributed by atoms with van der Waals surface area (Å²) in [5, 5.41) is 3.64. The van der Waals surface area contributed by atoms with Crippen LogP contribution in [0.5, 0.6) is 0 Å². The first kappa shape index (κ1) is 14.1. The quantitative estimate of drug-likeness (QED) is 0.905. The summed E-state index contributed by atoms with van der Waals surface area (Å²) in [4.78, 5) is 0. The predicted octanol–water partition coefficient (Wildman–Crippen LogP) is 3.56. The molecule has 1 aliphatic carbocycles. The van der Waals surface area contributed by atoms with Gasteiger partial charge in [0.15, 0.2) is 0 Å². The molecule has 0 bridgehead atoms. The summed E-state index contributed by atoms with van der Waals surface area (Å²) in [5.74, 6) is 0.938. The normalized spacial score (nSPS) is 18.9. The zero-order chi connectivity index (χ0) is 14.2. The average molecular weight is 273 g/mol. The van der Waals surface area contributed by atoms with Gasteiger partial charge in [-0.15, -0.1) is 0 Å². The average Bonchev–Trinajstić information content (AvgIpc) is 3.21. The Balaban J connectivity index is 1.84. The molecule has 0 saturated heterocycles. The molecule has 1 fully saturated rings. The van der Waals surface area contributed by atoms with Crippen LogP contribution in [0.1, 0.15) is 55.9 Å². The number of ether oxygens (including phenoxy) is 1. The Labute approximate surface area is 122 Å². The molecule has 2 heteroatoms. The van der Waals surface area contributed by atoms with Crippen LogP contribution in [0, 0.1) is 5.92 Å². The maximum absolute atomic E-state index is 5.67. The van der Waals surface area contributed by atoms with Crippen molar-refractivity contribution in [2.75, 3.05) is 13.2 Å². The SMILES string of the molecule is CC(C)(C)c1cc2c(c(CNCC3CC3)c1)COCC2. The van der Waals surface area contributed by atoms with Crippen molar-refractivity contribution in [3.8, 4) is 0 Å². The van der Waals surface area contributed by atoms with Crippen LogP contribution in [-0.2, 0) is 29.7 Å². The first-order valence-corrected chi connectivity index (χ1v) is 7.97. The summed E-state index contributed by atoms with van der Waals surface area (Å²) in [7, 11) is 0. The van der Waals surface area contributed by atoms with Crippen molar-refractivity contribution in [2.45, 2.75) is 58.6 Å². The van der Waals surface area contributed by atoms with Gasteiger partial charge < -0.3 is 10.1 Å². The fourth-order valence-electron chi connectivity index (χ4n) is 2.89. The van der Waals surface area contributed by atoms with Gasteiger partial charge in [0.2, 0.25) is 0 Å². The Hall–Kier alpha value is -0.860. The third-order valence-corrected chi connectivity index (χ3v) is 4.51. The first-order valence-electron chi connectivity index (χ1n) is 7.97. The molecule has 1 aromatic rings. The van der Waals surface area contributed by atoms with E-state index >= 15 is 0 Å². The van der Waals surface area contributed by atoms with Gasteiger partial charge in [-0.3, -0.25) is 0 Å².